The molecular weight excluding hydrogens is 458 g/mol. The first-order valence-electron chi connectivity index (χ1n) is 11.2. The Morgan fingerprint density at radius 3 is 2.11 bits per heavy atom. The van der Waals surface area contributed by atoms with Gasteiger partial charge in [-0.2, -0.15) is 15.5 Å². The number of rotatable bonds is 9. The highest BCUT2D eigenvalue weighted by molar-refractivity contribution is 7.17. The molecule has 4 aromatic rings. The Kier molecular flexibility index (Phi) is 7.34. The normalized spacial score (nSPS) is 11.0. The Balaban J connectivity index is 1.49. The van der Waals surface area contributed by atoms with Gasteiger partial charge < -0.3 is 4.90 Å². The monoisotopic (exact) mass is 485 g/mol. The number of thiophene rings is 1. The van der Waals surface area contributed by atoms with Crippen LogP contribution in [0.5, 0.6) is 0 Å². The molecule has 3 heterocycles. The van der Waals surface area contributed by atoms with E-state index in [-0.39, 0.29) is 0 Å². The van der Waals surface area contributed by atoms with Crippen LogP contribution in [0.4, 0.5) is 22.1 Å². The maximum Gasteiger partial charge on any atom is 0.243 e. The number of hydrogen-bond acceptors (Lipinski definition) is 5. The third kappa shape index (κ3) is 5.81. The molecule has 0 aliphatic carbocycles. The van der Waals surface area contributed by atoms with Gasteiger partial charge in [-0.25, -0.2) is 23.1 Å². The molecule has 0 fully saturated rings. The minimum absolute atomic E-state index is 0.398. The Morgan fingerprint density at radius 2 is 1.63 bits per heavy atom. The molecule has 0 unspecified atom stereocenters. The van der Waals surface area contributed by atoms with Crippen LogP contribution in [0.15, 0.2) is 71.9 Å². The van der Waals surface area contributed by atoms with Gasteiger partial charge in [-0.15, -0.1) is 11.3 Å². The summed E-state index contributed by atoms with van der Waals surface area (Å²) in [6.45, 7) is 12.6. The maximum absolute atomic E-state index is 9.23. The van der Waals surface area contributed by atoms with Gasteiger partial charge in [0.1, 0.15) is 48.9 Å². The molecule has 35 heavy (non-hydrogen) atoms. The highest BCUT2D eigenvalue weighted by Crippen LogP contribution is 2.42. The quantitative estimate of drug-likeness (QED) is 0.201. The van der Waals surface area contributed by atoms with Gasteiger partial charge in [0.05, 0.1) is 44.3 Å². The van der Waals surface area contributed by atoms with Gasteiger partial charge in [0.2, 0.25) is 18.3 Å². The summed E-state index contributed by atoms with van der Waals surface area (Å²) < 4.78 is 8.44. The highest BCUT2D eigenvalue weighted by atomic mass is 32.1. The number of aromatic nitrogens is 4. The molecule has 0 N–H and O–H groups in total. The molecule has 0 saturated heterocycles. The lowest BCUT2D eigenvalue weighted by atomic mass is 10.2. The lowest BCUT2D eigenvalue weighted by Gasteiger charge is -2.23. The van der Waals surface area contributed by atoms with Crippen LogP contribution in [0.3, 0.4) is 0 Å². The Hall–Kier alpha value is -4.28. The molecule has 3 aromatic heterocycles. The summed E-state index contributed by atoms with van der Waals surface area (Å²) in [5.74, 6) is 0. The molecule has 1 aromatic carbocycles. The van der Waals surface area contributed by atoms with Crippen LogP contribution in [0.2, 0.25) is 0 Å². The van der Waals surface area contributed by atoms with Crippen molar-refractivity contribution in [3.8, 4) is 6.07 Å². The molecular formula is C25H27N9S+2. The number of nitriles is 1. The fourth-order valence-corrected chi connectivity index (χ4v) is 4.61. The van der Waals surface area contributed by atoms with E-state index in [0.717, 1.165) is 31.9 Å². The fraction of sp³-hybridized carbons (Fsp3) is 0.280. The molecule has 0 saturated carbocycles. The number of nitrogens with zero attached hydrogens (tertiary/aromatic N) is 9. The first-order chi connectivity index (χ1) is 17.0. The topological polar surface area (TPSA) is 73.7 Å². The van der Waals surface area contributed by atoms with Crippen LogP contribution in [0, 0.1) is 24.8 Å². The molecule has 176 valence electrons. The summed E-state index contributed by atoms with van der Waals surface area (Å²) in [6, 6.07) is 10.1. The second kappa shape index (κ2) is 10.8. The van der Waals surface area contributed by atoms with Crippen molar-refractivity contribution in [1.82, 2.24) is 9.13 Å². The van der Waals surface area contributed by atoms with Crippen molar-refractivity contribution in [2.75, 3.05) is 18.0 Å². The minimum Gasteiger partial charge on any atom is -0.364 e. The Bertz CT molecular complexity index is 1370. The van der Waals surface area contributed by atoms with Crippen molar-refractivity contribution >= 4 is 33.4 Å². The summed E-state index contributed by atoms with van der Waals surface area (Å²) in [7, 11) is 4.04. The molecule has 0 radical (unpaired) electrons. The smallest absolute Gasteiger partial charge is 0.243 e. The molecule has 4 rings (SSSR count). The molecule has 0 amide bonds. The standard InChI is InChI=1S/C25H27N9S/c1-20-23(17-26)35-25(24(20)27-2)29-28-21-5-7-22(8-6-21)34(15-13-32-11-9-30(3)18-32)16-14-33-12-10-31(4)19-33/h5-12,18-19H,13-16H2,1,3-4H3/q+2. The van der Waals surface area contributed by atoms with E-state index < -0.39 is 0 Å². The summed E-state index contributed by atoms with van der Waals surface area (Å²) in [5.41, 5.74) is 2.87. The molecule has 0 spiro atoms. The number of hydrogen-bond donors (Lipinski definition) is 0. The average molecular weight is 486 g/mol. The van der Waals surface area contributed by atoms with Gasteiger partial charge in [-0.1, -0.05) is 0 Å². The third-order valence-electron chi connectivity index (χ3n) is 5.69. The van der Waals surface area contributed by atoms with E-state index in [0.29, 0.717) is 26.8 Å². The summed E-state index contributed by atoms with van der Waals surface area (Å²) in [6.07, 6.45) is 12.4. The van der Waals surface area contributed by atoms with Crippen LogP contribution in [-0.2, 0) is 27.2 Å². The zero-order valence-electron chi connectivity index (χ0n) is 20.0. The molecule has 0 aliphatic heterocycles. The van der Waals surface area contributed by atoms with Crippen LogP contribution in [-0.4, -0.2) is 22.2 Å². The van der Waals surface area contributed by atoms with Crippen molar-refractivity contribution in [1.29, 1.82) is 5.26 Å². The lowest BCUT2D eigenvalue weighted by molar-refractivity contribution is -0.671. The Morgan fingerprint density at radius 1 is 1.03 bits per heavy atom. The van der Waals surface area contributed by atoms with Crippen LogP contribution < -0.4 is 14.0 Å². The van der Waals surface area contributed by atoms with Crippen molar-refractivity contribution in [3.63, 3.8) is 0 Å². The molecule has 0 aliphatic rings. The minimum atomic E-state index is 0.398. The van der Waals surface area contributed by atoms with Crippen LogP contribution >= 0.6 is 11.3 Å². The van der Waals surface area contributed by atoms with Crippen molar-refractivity contribution < 1.29 is 9.13 Å². The van der Waals surface area contributed by atoms with Gasteiger partial charge >= 0.3 is 0 Å². The Labute approximate surface area is 208 Å². The summed E-state index contributed by atoms with van der Waals surface area (Å²) >= 11 is 1.20. The number of aryl methyl sites for hydroxylation is 2. The number of azo groups is 1. The van der Waals surface area contributed by atoms with E-state index in [9.17, 15) is 5.26 Å². The zero-order valence-corrected chi connectivity index (χ0v) is 20.9. The van der Waals surface area contributed by atoms with Gasteiger partial charge in [0.25, 0.3) is 0 Å². The van der Waals surface area contributed by atoms with Crippen LogP contribution in [0.25, 0.3) is 4.85 Å². The van der Waals surface area contributed by atoms with Crippen LogP contribution in [0.1, 0.15) is 10.4 Å². The van der Waals surface area contributed by atoms with Gasteiger partial charge in [0.15, 0.2) is 0 Å². The SMILES string of the molecule is [C-]#[N+]c1c(N=Nc2ccc(N(CCn3cc[n+](C)c3)CCn3cc[n+](C)c3)cc2)sc(C#N)c1C. The van der Waals surface area contributed by atoms with Crippen molar-refractivity contribution in [2.24, 2.45) is 24.3 Å². The fourth-order valence-electron chi connectivity index (χ4n) is 3.74. The highest BCUT2D eigenvalue weighted by Gasteiger charge is 2.15. The lowest BCUT2D eigenvalue weighted by Crippen LogP contribution is -2.31. The summed E-state index contributed by atoms with van der Waals surface area (Å²) in [4.78, 5) is 6.39. The van der Waals surface area contributed by atoms with E-state index in [1.165, 1.54) is 11.3 Å². The first kappa shape index (κ1) is 23.9. The molecule has 10 heteroatoms. The van der Waals surface area contributed by atoms with E-state index >= 15 is 0 Å². The maximum atomic E-state index is 9.23. The molecule has 0 atom stereocenters. The van der Waals surface area contributed by atoms with E-state index in [1.807, 2.05) is 47.8 Å². The first-order valence-corrected chi connectivity index (χ1v) is 12.0. The second-order valence-corrected chi connectivity index (χ2v) is 9.27. The predicted octanol–water partition coefficient (Wildman–Crippen LogP) is 4.35. The van der Waals surface area contributed by atoms with E-state index in [2.05, 4.69) is 72.4 Å². The summed E-state index contributed by atoms with van der Waals surface area (Å²) in [5, 5.41) is 18.3. The average Bonchev–Trinajstić information content (AvgIpc) is 3.56. The number of benzene rings is 1. The van der Waals surface area contributed by atoms with Gasteiger partial charge in [0, 0.05) is 5.69 Å². The van der Waals surface area contributed by atoms with E-state index in [4.69, 9.17) is 6.57 Å². The molecule has 9 nitrogen and oxygen atoms in total. The number of imidazole rings is 2. The number of anilines is 1. The van der Waals surface area contributed by atoms with Crippen molar-refractivity contribution in [3.05, 3.63) is 83.6 Å². The van der Waals surface area contributed by atoms with Gasteiger partial charge in [-0.05, 0) is 36.8 Å². The zero-order chi connectivity index (χ0) is 24.8. The van der Waals surface area contributed by atoms with E-state index in [1.54, 1.807) is 6.92 Å². The molecule has 0 bridgehead atoms. The predicted molar refractivity (Wildman–Crippen MR) is 134 cm³/mol. The van der Waals surface area contributed by atoms with Gasteiger partial charge in [-0.3, -0.25) is 0 Å². The second-order valence-electron chi connectivity index (χ2n) is 8.27. The largest absolute Gasteiger partial charge is 0.364 e. The van der Waals surface area contributed by atoms with Crippen molar-refractivity contribution in [2.45, 2.75) is 20.0 Å². The third-order valence-corrected chi connectivity index (χ3v) is 6.76.